The van der Waals surface area contributed by atoms with Crippen LogP contribution in [0, 0.1) is 0 Å². The molecule has 1 aromatic heterocycles. The van der Waals surface area contributed by atoms with E-state index in [-0.39, 0.29) is 17.1 Å². The van der Waals surface area contributed by atoms with Gasteiger partial charge >= 0.3 is 0 Å². The minimum Gasteiger partial charge on any atom is -0.398 e. The largest absolute Gasteiger partial charge is 0.398 e. The number of halogens is 1. The molecule has 20 heavy (non-hydrogen) atoms. The Morgan fingerprint density at radius 2 is 1.95 bits per heavy atom. The fraction of sp³-hybridized carbons (Fsp3) is 0.231. The van der Waals surface area contributed by atoms with E-state index in [1.165, 1.54) is 10.9 Å². The molecule has 0 amide bonds. The standard InChI is InChI=1S/C13H15BrN2O2S2/c1-2-10-4-5-11(19-10)8-16-20(17,18)13-6-3-9(14)7-12(13)15/h3-7,16H,2,8,15H2,1H3. The first-order valence-corrected chi connectivity index (χ1v) is 9.14. The number of nitrogen functional groups attached to an aromatic ring is 1. The van der Waals surface area contributed by atoms with Gasteiger partial charge in [0.25, 0.3) is 0 Å². The van der Waals surface area contributed by atoms with Crippen LogP contribution in [0.25, 0.3) is 0 Å². The molecule has 2 rings (SSSR count). The molecular formula is C13H15BrN2O2S2. The molecule has 0 bridgehead atoms. The molecule has 0 radical (unpaired) electrons. The first-order chi connectivity index (χ1) is 9.42. The average Bonchev–Trinajstić information content (AvgIpc) is 2.84. The van der Waals surface area contributed by atoms with Crippen molar-refractivity contribution in [2.24, 2.45) is 0 Å². The lowest BCUT2D eigenvalue weighted by molar-refractivity contribution is 0.582. The summed E-state index contributed by atoms with van der Waals surface area (Å²) in [5.74, 6) is 0. The molecule has 2 aromatic rings. The molecule has 0 aliphatic heterocycles. The first-order valence-electron chi connectivity index (χ1n) is 6.04. The molecule has 1 aromatic carbocycles. The molecule has 108 valence electrons. The summed E-state index contributed by atoms with van der Waals surface area (Å²) in [6.45, 7) is 2.35. The Bertz CT molecular complexity index is 711. The number of rotatable bonds is 5. The zero-order chi connectivity index (χ0) is 14.8. The highest BCUT2D eigenvalue weighted by atomic mass is 79.9. The fourth-order valence-electron chi connectivity index (χ4n) is 1.72. The van der Waals surface area contributed by atoms with Crippen molar-refractivity contribution in [3.05, 3.63) is 44.6 Å². The van der Waals surface area contributed by atoms with Gasteiger partial charge in [0.1, 0.15) is 4.90 Å². The highest BCUT2D eigenvalue weighted by molar-refractivity contribution is 9.10. The van der Waals surface area contributed by atoms with Crippen LogP contribution in [0.3, 0.4) is 0 Å². The van der Waals surface area contributed by atoms with Crippen molar-refractivity contribution in [1.29, 1.82) is 0 Å². The maximum absolute atomic E-state index is 12.2. The second kappa shape index (κ2) is 6.26. The number of anilines is 1. The number of hydrogen-bond donors (Lipinski definition) is 2. The Kier molecular flexibility index (Phi) is 4.85. The van der Waals surface area contributed by atoms with Crippen molar-refractivity contribution in [3.63, 3.8) is 0 Å². The lowest BCUT2D eigenvalue weighted by Gasteiger charge is -2.08. The van der Waals surface area contributed by atoms with Crippen molar-refractivity contribution in [3.8, 4) is 0 Å². The number of benzene rings is 1. The Balaban J connectivity index is 2.14. The van der Waals surface area contributed by atoms with Gasteiger partial charge in [-0.1, -0.05) is 22.9 Å². The Labute approximate surface area is 131 Å². The summed E-state index contributed by atoms with van der Waals surface area (Å²) in [6.07, 6.45) is 0.955. The van der Waals surface area contributed by atoms with Crippen LogP contribution in [0.4, 0.5) is 5.69 Å². The zero-order valence-corrected chi connectivity index (χ0v) is 14.1. The third-order valence-corrected chi connectivity index (χ3v) is 5.96. The summed E-state index contributed by atoms with van der Waals surface area (Å²) in [5, 5.41) is 0. The van der Waals surface area contributed by atoms with Crippen LogP contribution in [-0.4, -0.2) is 8.42 Å². The van der Waals surface area contributed by atoms with Gasteiger partial charge in [0, 0.05) is 20.8 Å². The van der Waals surface area contributed by atoms with E-state index in [2.05, 4.69) is 27.6 Å². The second-order valence-corrected chi connectivity index (χ2v) is 8.13. The predicted molar refractivity (Wildman–Crippen MR) is 86.3 cm³/mol. The highest BCUT2D eigenvalue weighted by Gasteiger charge is 2.17. The van der Waals surface area contributed by atoms with Crippen molar-refractivity contribution in [2.75, 3.05) is 5.73 Å². The van der Waals surface area contributed by atoms with E-state index < -0.39 is 10.0 Å². The van der Waals surface area contributed by atoms with Crippen LogP contribution in [0.2, 0.25) is 0 Å². The number of nitrogens with one attached hydrogen (secondary N) is 1. The van der Waals surface area contributed by atoms with E-state index in [1.807, 2.05) is 12.1 Å². The second-order valence-electron chi connectivity index (χ2n) is 4.23. The van der Waals surface area contributed by atoms with Crippen molar-refractivity contribution < 1.29 is 8.42 Å². The van der Waals surface area contributed by atoms with Crippen molar-refractivity contribution >= 4 is 43.0 Å². The molecule has 0 aliphatic rings. The lowest BCUT2D eigenvalue weighted by atomic mass is 10.3. The molecule has 4 nitrogen and oxygen atoms in total. The third kappa shape index (κ3) is 3.60. The zero-order valence-electron chi connectivity index (χ0n) is 10.9. The monoisotopic (exact) mass is 374 g/mol. The van der Waals surface area contributed by atoms with Crippen molar-refractivity contribution in [1.82, 2.24) is 4.72 Å². The maximum Gasteiger partial charge on any atom is 0.242 e. The average molecular weight is 375 g/mol. The van der Waals surface area contributed by atoms with Gasteiger partial charge in [-0.2, -0.15) is 0 Å². The van der Waals surface area contributed by atoms with E-state index >= 15 is 0 Å². The van der Waals surface area contributed by atoms with Crippen LogP contribution in [0.1, 0.15) is 16.7 Å². The number of nitrogens with two attached hydrogens (primary N) is 1. The van der Waals surface area contributed by atoms with E-state index in [0.717, 1.165) is 15.8 Å². The van der Waals surface area contributed by atoms with Gasteiger partial charge in [-0.25, -0.2) is 13.1 Å². The molecule has 0 unspecified atom stereocenters. The fourth-order valence-corrected chi connectivity index (χ4v) is 4.20. The number of sulfonamides is 1. The summed E-state index contributed by atoms with van der Waals surface area (Å²) in [4.78, 5) is 2.33. The topological polar surface area (TPSA) is 72.2 Å². The van der Waals surface area contributed by atoms with Crippen LogP contribution in [0.5, 0.6) is 0 Å². The first kappa shape index (κ1) is 15.5. The molecule has 0 saturated heterocycles. The summed E-state index contributed by atoms with van der Waals surface area (Å²) in [5.41, 5.74) is 5.98. The summed E-state index contributed by atoms with van der Waals surface area (Å²) in [6, 6.07) is 8.69. The van der Waals surface area contributed by atoms with Gasteiger partial charge in [-0.15, -0.1) is 11.3 Å². The molecule has 0 atom stereocenters. The molecule has 3 N–H and O–H groups in total. The molecule has 0 spiro atoms. The molecule has 0 saturated carbocycles. The quantitative estimate of drug-likeness (QED) is 0.789. The van der Waals surface area contributed by atoms with Gasteiger partial charge in [-0.3, -0.25) is 0 Å². The van der Waals surface area contributed by atoms with Crippen LogP contribution < -0.4 is 10.5 Å². The molecule has 1 heterocycles. The molecular weight excluding hydrogens is 360 g/mol. The maximum atomic E-state index is 12.2. The Morgan fingerprint density at radius 1 is 1.25 bits per heavy atom. The van der Waals surface area contributed by atoms with E-state index in [4.69, 9.17) is 5.73 Å². The van der Waals surface area contributed by atoms with Gasteiger partial charge in [-0.05, 0) is 36.8 Å². The van der Waals surface area contributed by atoms with Crippen LogP contribution in [-0.2, 0) is 23.0 Å². The van der Waals surface area contributed by atoms with Gasteiger partial charge in [0.2, 0.25) is 10.0 Å². The lowest BCUT2D eigenvalue weighted by Crippen LogP contribution is -2.23. The van der Waals surface area contributed by atoms with Crippen LogP contribution in [0.15, 0.2) is 39.7 Å². The molecule has 0 aliphatic carbocycles. The number of aryl methyl sites for hydroxylation is 1. The Hall–Kier alpha value is -0.890. The van der Waals surface area contributed by atoms with E-state index in [1.54, 1.807) is 23.5 Å². The minimum absolute atomic E-state index is 0.105. The van der Waals surface area contributed by atoms with E-state index in [0.29, 0.717) is 0 Å². The normalized spacial score (nSPS) is 11.7. The predicted octanol–water partition coefficient (Wildman–Crippen LogP) is 3.13. The van der Waals surface area contributed by atoms with E-state index in [9.17, 15) is 8.42 Å². The van der Waals surface area contributed by atoms with Gasteiger partial charge in [0.15, 0.2) is 0 Å². The number of thiophene rings is 1. The van der Waals surface area contributed by atoms with Crippen molar-refractivity contribution in [2.45, 2.75) is 24.8 Å². The summed E-state index contributed by atoms with van der Waals surface area (Å²) >= 11 is 4.87. The molecule has 7 heteroatoms. The minimum atomic E-state index is -3.59. The number of hydrogen-bond acceptors (Lipinski definition) is 4. The smallest absolute Gasteiger partial charge is 0.242 e. The Morgan fingerprint density at radius 3 is 2.55 bits per heavy atom. The highest BCUT2D eigenvalue weighted by Crippen LogP contribution is 2.23. The van der Waals surface area contributed by atoms with Gasteiger partial charge < -0.3 is 5.73 Å². The third-order valence-electron chi connectivity index (χ3n) is 2.76. The SMILES string of the molecule is CCc1ccc(CNS(=O)(=O)c2ccc(Br)cc2N)s1. The van der Waals surface area contributed by atoms with Gasteiger partial charge in [0.05, 0.1) is 5.69 Å². The summed E-state index contributed by atoms with van der Waals surface area (Å²) in [7, 11) is -3.59. The van der Waals surface area contributed by atoms with Crippen LogP contribution >= 0.6 is 27.3 Å². The molecule has 0 fully saturated rings. The summed E-state index contributed by atoms with van der Waals surface area (Å²) < 4.78 is 27.8.